The van der Waals surface area contributed by atoms with Crippen LogP contribution in [0, 0.1) is 0 Å². The van der Waals surface area contributed by atoms with Gasteiger partial charge in [0.25, 0.3) is 0 Å². The lowest BCUT2D eigenvalue weighted by atomic mass is 9.84. The molecule has 20 heavy (non-hydrogen) atoms. The van der Waals surface area contributed by atoms with Gasteiger partial charge in [-0.2, -0.15) is 0 Å². The summed E-state index contributed by atoms with van der Waals surface area (Å²) in [6.07, 6.45) is -0.227. The molecule has 0 aliphatic heterocycles. The highest BCUT2D eigenvalue weighted by Gasteiger charge is 2.29. The second kappa shape index (κ2) is 4.58. The molecule has 100 valence electrons. The van der Waals surface area contributed by atoms with Crippen molar-refractivity contribution in [2.24, 2.45) is 5.73 Å². The molecule has 0 radical (unpaired) electrons. The fraction of sp³-hybridized carbons (Fsp3) is 0.125. The van der Waals surface area contributed by atoms with Crippen molar-refractivity contribution in [2.45, 2.75) is 13.1 Å². The van der Waals surface area contributed by atoms with Crippen LogP contribution in [-0.4, -0.2) is 17.7 Å². The van der Waals surface area contributed by atoms with Crippen LogP contribution in [0.1, 0.15) is 38.8 Å². The third-order valence-corrected chi connectivity index (χ3v) is 3.32. The molecule has 0 spiro atoms. The van der Waals surface area contributed by atoms with Gasteiger partial charge in [-0.1, -0.05) is 24.3 Å². The standard InChI is InChI=1S/C16H14N2O2/c1-9(17)18-10-6-7-13-14(8-10)16(20)12-5-3-2-4-11(12)15(13)19/h2-9,18H,17H2,1H3. The highest BCUT2D eigenvalue weighted by atomic mass is 16.1. The van der Waals surface area contributed by atoms with Gasteiger partial charge in [0, 0.05) is 27.9 Å². The number of rotatable bonds is 2. The van der Waals surface area contributed by atoms with Crippen LogP contribution in [0.2, 0.25) is 0 Å². The monoisotopic (exact) mass is 266 g/mol. The van der Waals surface area contributed by atoms with Crippen molar-refractivity contribution in [2.75, 3.05) is 5.32 Å². The van der Waals surface area contributed by atoms with E-state index in [0.717, 1.165) is 5.69 Å². The van der Waals surface area contributed by atoms with Gasteiger partial charge in [0.1, 0.15) is 0 Å². The molecule has 0 fully saturated rings. The van der Waals surface area contributed by atoms with E-state index >= 15 is 0 Å². The molecule has 0 amide bonds. The summed E-state index contributed by atoms with van der Waals surface area (Å²) in [6.45, 7) is 1.81. The molecule has 4 nitrogen and oxygen atoms in total. The first-order chi connectivity index (χ1) is 9.58. The van der Waals surface area contributed by atoms with Crippen molar-refractivity contribution in [1.82, 2.24) is 0 Å². The molecule has 1 unspecified atom stereocenters. The highest BCUT2D eigenvalue weighted by Crippen LogP contribution is 2.29. The van der Waals surface area contributed by atoms with Crippen LogP contribution in [0.4, 0.5) is 5.69 Å². The smallest absolute Gasteiger partial charge is 0.194 e. The third kappa shape index (κ3) is 1.90. The van der Waals surface area contributed by atoms with Crippen molar-refractivity contribution in [3.8, 4) is 0 Å². The minimum absolute atomic E-state index is 0.109. The summed E-state index contributed by atoms with van der Waals surface area (Å²) in [7, 11) is 0. The summed E-state index contributed by atoms with van der Waals surface area (Å²) in [5.41, 5.74) is 8.22. The molecular formula is C16H14N2O2. The molecule has 1 aliphatic carbocycles. The molecule has 3 rings (SSSR count). The SMILES string of the molecule is CC(N)Nc1ccc2c(c1)C(=O)c1ccccc1C2=O. The van der Waals surface area contributed by atoms with Crippen LogP contribution in [0.3, 0.4) is 0 Å². The summed E-state index contributed by atoms with van der Waals surface area (Å²) in [4.78, 5) is 24.9. The number of nitrogens with two attached hydrogens (primary N) is 1. The van der Waals surface area contributed by atoms with Crippen molar-refractivity contribution < 1.29 is 9.59 Å². The maximum atomic E-state index is 12.5. The largest absolute Gasteiger partial charge is 0.370 e. The molecule has 0 saturated carbocycles. The minimum atomic E-state index is -0.227. The van der Waals surface area contributed by atoms with Crippen LogP contribution < -0.4 is 11.1 Å². The molecule has 1 aliphatic rings. The Bertz CT molecular complexity index is 720. The Hall–Kier alpha value is -2.46. The highest BCUT2D eigenvalue weighted by molar-refractivity contribution is 6.28. The average molecular weight is 266 g/mol. The molecular weight excluding hydrogens is 252 g/mol. The zero-order valence-corrected chi connectivity index (χ0v) is 11.0. The number of hydrogen-bond donors (Lipinski definition) is 2. The maximum Gasteiger partial charge on any atom is 0.194 e. The fourth-order valence-electron chi connectivity index (χ4n) is 2.45. The molecule has 2 aromatic rings. The van der Waals surface area contributed by atoms with Gasteiger partial charge < -0.3 is 11.1 Å². The molecule has 0 bridgehead atoms. The Morgan fingerprint density at radius 1 is 0.900 bits per heavy atom. The first-order valence-electron chi connectivity index (χ1n) is 6.42. The number of carbonyl (C=O) groups is 2. The maximum absolute atomic E-state index is 12.5. The van der Waals surface area contributed by atoms with Gasteiger partial charge in [0.05, 0.1) is 6.17 Å². The van der Waals surface area contributed by atoms with Crippen LogP contribution in [0.25, 0.3) is 0 Å². The number of nitrogens with one attached hydrogen (secondary N) is 1. The second-order valence-corrected chi connectivity index (χ2v) is 4.90. The third-order valence-electron chi connectivity index (χ3n) is 3.32. The van der Waals surface area contributed by atoms with Crippen molar-refractivity contribution in [3.63, 3.8) is 0 Å². The summed E-state index contributed by atoms with van der Waals surface area (Å²) >= 11 is 0. The number of hydrogen-bond acceptors (Lipinski definition) is 4. The Kier molecular flexibility index (Phi) is 2.88. The zero-order valence-electron chi connectivity index (χ0n) is 11.0. The molecule has 0 aromatic heterocycles. The van der Waals surface area contributed by atoms with E-state index in [9.17, 15) is 9.59 Å². The van der Waals surface area contributed by atoms with E-state index in [1.807, 2.05) is 6.92 Å². The summed E-state index contributed by atoms with van der Waals surface area (Å²) in [6, 6.07) is 12.0. The summed E-state index contributed by atoms with van der Waals surface area (Å²) in [5.74, 6) is -0.230. The Labute approximate surface area is 116 Å². The van der Waals surface area contributed by atoms with Gasteiger partial charge in [-0.05, 0) is 25.1 Å². The first-order valence-corrected chi connectivity index (χ1v) is 6.42. The average Bonchev–Trinajstić information content (AvgIpc) is 2.44. The second-order valence-electron chi connectivity index (χ2n) is 4.90. The van der Waals surface area contributed by atoms with Gasteiger partial charge in [0.15, 0.2) is 11.6 Å². The topological polar surface area (TPSA) is 72.2 Å². The lowest BCUT2D eigenvalue weighted by Gasteiger charge is -2.19. The molecule has 0 saturated heterocycles. The van der Waals surface area contributed by atoms with Crippen LogP contribution in [0.15, 0.2) is 42.5 Å². The van der Waals surface area contributed by atoms with Gasteiger partial charge in [0.2, 0.25) is 0 Å². The van der Waals surface area contributed by atoms with Gasteiger partial charge in [-0.25, -0.2) is 0 Å². The Balaban J connectivity index is 2.13. The number of fused-ring (bicyclic) bond motifs is 2. The summed E-state index contributed by atoms with van der Waals surface area (Å²) < 4.78 is 0. The first kappa shape index (κ1) is 12.6. The van der Waals surface area contributed by atoms with E-state index in [0.29, 0.717) is 22.3 Å². The molecule has 2 aromatic carbocycles. The normalized spacial score (nSPS) is 14.5. The van der Waals surface area contributed by atoms with Crippen LogP contribution in [-0.2, 0) is 0 Å². The molecule has 1 atom stereocenters. The Morgan fingerprint density at radius 2 is 1.45 bits per heavy atom. The lowest BCUT2D eigenvalue weighted by Crippen LogP contribution is -2.26. The summed E-state index contributed by atoms with van der Waals surface area (Å²) in [5, 5.41) is 3.03. The van der Waals surface area contributed by atoms with Crippen LogP contribution in [0.5, 0.6) is 0 Å². The number of ketones is 2. The fourth-order valence-corrected chi connectivity index (χ4v) is 2.45. The molecule has 3 N–H and O–H groups in total. The van der Waals surface area contributed by atoms with Gasteiger partial charge in [-0.3, -0.25) is 9.59 Å². The quantitative estimate of drug-likeness (QED) is 0.697. The predicted molar refractivity (Wildman–Crippen MR) is 77.0 cm³/mol. The number of anilines is 1. The van der Waals surface area contributed by atoms with Crippen molar-refractivity contribution in [3.05, 3.63) is 64.7 Å². The van der Waals surface area contributed by atoms with Crippen molar-refractivity contribution in [1.29, 1.82) is 0 Å². The van der Waals surface area contributed by atoms with E-state index in [1.54, 1.807) is 42.5 Å². The molecule has 4 heteroatoms. The molecule has 0 heterocycles. The van der Waals surface area contributed by atoms with E-state index in [2.05, 4.69) is 5.32 Å². The van der Waals surface area contributed by atoms with E-state index in [1.165, 1.54) is 0 Å². The van der Waals surface area contributed by atoms with Gasteiger partial charge >= 0.3 is 0 Å². The predicted octanol–water partition coefficient (Wildman–Crippen LogP) is 2.18. The van der Waals surface area contributed by atoms with E-state index in [-0.39, 0.29) is 17.7 Å². The van der Waals surface area contributed by atoms with Crippen LogP contribution >= 0.6 is 0 Å². The van der Waals surface area contributed by atoms with Crippen molar-refractivity contribution >= 4 is 17.3 Å². The van der Waals surface area contributed by atoms with E-state index in [4.69, 9.17) is 5.73 Å². The number of benzene rings is 2. The van der Waals surface area contributed by atoms with Gasteiger partial charge in [-0.15, -0.1) is 0 Å². The Morgan fingerprint density at radius 3 is 2.05 bits per heavy atom. The van der Waals surface area contributed by atoms with E-state index < -0.39 is 0 Å². The zero-order chi connectivity index (χ0) is 14.3. The number of carbonyl (C=O) groups excluding carboxylic acids is 2. The lowest BCUT2D eigenvalue weighted by molar-refractivity contribution is 0.0979. The minimum Gasteiger partial charge on any atom is -0.370 e.